The van der Waals surface area contributed by atoms with Crippen molar-refractivity contribution in [1.29, 1.82) is 0 Å². The van der Waals surface area contributed by atoms with Crippen LogP contribution in [-0.4, -0.2) is 49.3 Å². The molecular weight excluding hydrogens is 252 g/mol. The molecule has 0 aromatic heterocycles. The molecule has 18 heavy (non-hydrogen) atoms. The molecule has 1 aliphatic heterocycles. The second-order valence-corrected chi connectivity index (χ2v) is 7.78. The number of piperidine rings is 1. The maximum atomic E-state index is 11.5. The highest BCUT2D eigenvalue weighted by atomic mass is 32.2. The van der Waals surface area contributed by atoms with Crippen LogP contribution in [0.1, 0.15) is 33.1 Å². The summed E-state index contributed by atoms with van der Waals surface area (Å²) in [4.78, 5) is 0. The van der Waals surface area contributed by atoms with Crippen LogP contribution in [0.3, 0.4) is 0 Å². The first kappa shape index (κ1) is 15.9. The van der Waals surface area contributed by atoms with Crippen molar-refractivity contribution in [3.05, 3.63) is 0 Å². The Kier molecular flexibility index (Phi) is 5.17. The van der Waals surface area contributed by atoms with Gasteiger partial charge < -0.3 is 10.8 Å². The van der Waals surface area contributed by atoms with Gasteiger partial charge in [0.1, 0.15) is 0 Å². The van der Waals surface area contributed by atoms with Gasteiger partial charge in [0.25, 0.3) is 0 Å². The quantitative estimate of drug-likeness (QED) is 0.762. The van der Waals surface area contributed by atoms with Crippen LogP contribution in [0.5, 0.6) is 0 Å². The van der Waals surface area contributed by atoms with Gasteiger partial charge in [-0.1, -0.05) is 13.8 Å². The van der Waals surface area contributed by atoms with E-state index in [-0.39, 0.29) is 18.4 Å². The Balaban J connectivity index is 2.68. The standard InChI is InChI=1S/C12H26N2O3S/c1-10(2)12(15,9-13)7-11-5-4-6-14(8-11)18(3,16)17/h10-11,15H,4-9,13H2,1-3H3. The summed E-state index contributed by atoms with van der Waals surface area (Å²) in [5.41, 5.74) is 4.78. The van der Waals surface area contributed by atoms with E-state index in [1.165, 1.54) is 10.6 Å². The summed E-state index contributed by atoms with van der Waals surface area (Å²) in [5, 5.41) is 10.4. The molecule has 5 nitrogen and oxygen atoms in total. The Bertz CT molecular complexity index is 370. The number of nitrogens with zero attached hydrogens (tertiary/aromatic N) is 1. The molecule has 3 N–H and O–H groups in total. The molecule has 0 aromatic carbocycles. The largest absolute Gasteiger partial charge is 0.388 e. The molecule has 6 heteroatoms. The summed E-state index contributed by atoms with van der Waals surface area (Å²) in [5.74, 6) is 0.278. The van der Waals surface area contributed by atoms with E-state index in [0.717, 1.165) is 12.8 Å². The average Bonchev–Trinajstić information content (AvgIpc) is 2.28. The van der Waals surface area contributed by atoms with E-state index < -0.39 is 15.6 Å². The first-order valence-corrected chi connectivity index (χ1v) is 8.41. The Labute approximate surface area is 110 Å². The number of rotatable bonds is 5. The third-order valence-corrected chi connectivity index (χ3v) is 5.29. The van der Waals surface area contributed by atoms with E-state index in [9.17, 15) is 13.5 Å². The molecule has 0 spiro atoms. The van der Waals surface area contributed by atoms with Crippen molar-refractivity contribution in [1.82, 2.24) is 4.31 Å². The Morgan fingerprint density at radius 1 is 1.50 bits per heavy atom. The highest BCUT2D eigenvalue weighted by Gasteiger charge is 2.35. The Morgan fingerprint density at radius 3 is 2.56 bits per heavy atom. The van der Waals surface area contributed by atoms with Crippen LogP contribution in [0, 0.1) is 11.8 Å². The van der Waals surface area contributed by atoms with Gasteiger partial charge in [0.15, 0.2) is 0 Å². The van der Waals surface area contributed by atoms with Crippen LogP contribution in [-0.2, 0) is 10.0 Å². The van der Waals surface area contributed by atoms with Crippen LogP contribution < -0.4 is 5.73 Å². The lowest BCUT2D eigenvalue weighted by molar-refractivity contribution is -0.0241. The maximum absolute atomic E-state index is 11.5. The van der Waals surface area contributed by atoms with Crippen molar-refractivity contribution in [3.8, 4) is 0 Å². The van der Waals surface area contributed by atoms with Crippen LogP contribution >= 0.6 is 0 Å². The zero-order valence-corrected chi connectivity index (χ0v) is 12.4. The van der Waals surface area contributed by atoms with Crippen LogP contribution in [0.2, 0.25) is 0 Å². The minimum Gasteiger partial charge on any atom is -0.388 e. The molecule has 2 atom stereocenters. The summed E-state index contributed by atoms with van der Waals surface area (Å²) in [6.45, 7) is 5.22. The molecule has 1 aliphatic rings. The molecule has 108 valence electrons. The highest BCUT2D eigenvalue weighted by molar-refractivity contribution is 7.88. The molecule has 0 aromatic rings. The topological polar surface area (TPSA) is 83.6 Å². The smallest absolute Gasteiger partial charge is 0.211 e. The first-order valence-electron chi connectivity index (χ1n) is 6.56. The number of aliphatic hydroxyl groups is 1. The fourth-order valence-electron chi connectivity index (χ4n) is 2.55. The van der Waals surface area contributed by atoms with Gasteiger partial charge in [-0.15, -0.1) is 0 Å². The van der Waals surface area contributed by atoms with Gasteiger partial charge in [-0.25, -0.2) is 12.7 Å². The maximum Gasteiger partial charge on any atom is 0.211 e. The van der Waals surface area contributed by atoms with Crippen molar-refractivity contribution >= 4 is 10.0 Å². The minimum atomic E-state index is -3.12. The summed E-state index contributed by atoms with van der Waals surface area (Å²) in [7, 11) is -3.12. The molecule has 1 saturated heterocycles. The van der Waals surface area contributed by atoms with Crippen LogP contribution in [0.25, 0.3) is 0 Å². The normalized spacial score (nSPS) is 26.2. The molecule has 1 heterocycles. The van der Waals surface area contributed by atoms with Gasteiger partial charge in [0, 0.05) is 19.6 Å². The van der Waals surface area contributed by atoms with E-state index in [1.54, 1.807) is 0 Å². The highest BCUT2D eigenvalue weighted by Crippen LogP contribution is 2.30. The molecule has 0 bridgehead atoms. The van der Waals surface area contributed by atoms with E-state index in [2.05, 4.69) is 0 Å². The summed E-state index contributed by atoms with van der Waals surface area (Å²) >= 11 is 0. The predicted molar refractivity (Wildman–Crippen MR) is 72.6 cm³/mol. The van der Waals surface area contributed by atoms with Gasteiger partial charge in [-0.3, -0.25) is 0 Å². The Hall–Kier alpha value is -0.170. The third-order valence-electron chi connectivity index (χ3n) is 4.02. The van der Waals surface area contributed by atoms with Gasteiger partial charge in [0.05, 0.1) is 11.9 Å². The molecule has 2 unspecified atom stereocenters. The molecule has 0 radical (unpaired) electrons. The van der Waals surface area contributed by atoms with E-state index in [1.807, 2.05) is 13.8 Å². The lowest BCUT2D eigenvalue weighted by Crippen LogP contribution is -2.48. The third kappa shape index (κ3) is 3.91. The predicted octanol–water partition coefficient (Wildman–Crippen LogP) is 0.394. The fraction of sp³-hybridized carbons (Fsp3) is 1.00. The summed E-state index contributed by atoms with van der Waals surface area (Å²) in [6.07, 6.45) is 3.64. The van der Waals surface area contributed by atoms with Crippen LogP contribution in [0.15, 0.2) is 0 Å². The molecule has 1 fully saturated rings. The second-order valence-electron chi connectivity index (χ2n) is 5.80. The lowest BCUT2D eigenvalue weighted by atomic mass is 9.79. The average molecular weight is 278 g/mol. The van der Waals surface area contributed by atoms with Crippen molar-refractivity contribution < 1.29 is 13.5 Å². The molecule has 1 rings (SSSR count). The second kappa shape index (κ2) is 5.86. The van der Waals surface area contributed by atoms with Crippen molar-refractivity contribution in [3.63, 3.8) is 0 Å². The van der Waals surface area contributed by atoms with Gasteiger partial charge in [-0.2, -0.15) is 0 Å². The molecule has 0 saturated carbocycles. The zero-order chi connectivity index (χ0) is 14.0. The number of nitrogens with two attached hydrogens (primary N) is 1. The first-order chi connectivity index (χ1) is 8.19. The van der Waals surface area contributed by atoms with Crippen LogP contribution in [0.4, 0.5) is 0 Å². The molecular formula is C12H26N2O3S. The van der Waals surface area contributed by atoms with Gasteiger partial charge in [-0.05, 0) is 31.1 Å². The van der Waals surface area contributed by atoms with Crippen molar-refractivity contribution in [2.24, 2.45) is 17.6 Å². The zero-order valence-electron chi connectivity index (χ0n) is 11.6. The lowest BCUT2D eigenvalue weighted by Gasteiger charge is -2.38. The van der Waals surface area contributed by atoms with Gasteiger partial charge >= 0.3 is 0 Å². The summed E-state index contributed by atoms with van der Waals surface area (Å²) in [6, 6.07) is 0. The number of hydrogen-bond donors (Lipinski definition) is 2. The molecule has 0 amide bonds. The number of sulfonamides is 1. The van der Waals surface area contributed by atoms with Gasteiger partial charge in [0.2, 0.25) is 10.0 Å². The van der Waals surface area contributed by atoms with E-state index in [4.69, 9.17) is 5.73 Å². The summed E-state index contributed by atoms with van der Waals surface area (Å²) < 4.78 is 24.6. The van der Waals surface area contributed by atoms with Crippen molar-refractivity contribution in [2.45, 2.75) is 38.7 Å². The van der Waals surface area contributed by atoms with E-state index in [0.29, 0.717) is 19.5 Å². The molecule has 0 aliphatic carbocycles. The van der Waals surface area contributed by atoms with E-state index >= 15 is 0 Å². The minimum absolute atomic E-state index is 0.0797. The SMILES string of the molecule is CC(C)C(O)(CN)CC1CCCN(S(C)(=O)=O)C1. The monoisotopic (exact) mass is 278 g/mol. The van der Waals surface area contributed by atoms with Crippen molar-refractivity contribution in [2.75, 3.05) is 25.9 Å². The fourth-order valence-corrected chi connectivity index (χ4v) is 3.49. The Morgan fingerprint density at radius 2 is 2.11 bits per heavy atom. The number of hydrogen-bond acceptors (Lipinski definition) is 4.